The van der Waals surface area contributed by atoms with Crippen LogP contribution in [0.2, 0.25) is 0 Å². The summed E-state index contributed by atoms with van der Waals surface area (Å²) in [4.78, 5) is 35.2. The molecule has 0 aliphatic rings. The molecule has 0 spiro atoms. The number of hydrogen-bond acceptors (Lipinski definition) is 8. The Balaban J connectivity index is 2.04. The maximum atomic E-state index is 12.6. The first-order valence-corrected chi connectivity index (χ1v) is 13.4. The number of nitriles is 1. The summed E-state index contributed by atoms with van der Waals surface area (Å²) in [6.45, 7) is 14.2. The lowest BCUT2D eigenvalue weighted by Crippen LogP contribution is -2.47. The highest BCUT2D eigenvalue weighted by Gasteiger charge is 2.27. The Bertz CT molecular complexity index is 1270. The molecule has 0 bridgehead atoms. The summed E-state index contributed by atoms with van der Waals surface area (Å²) < 4.78 is 5.34. The number of likely N-dealkylation sites (N-methyl/N-ethyl adjacent to an activating group) is 1. The summed E-state index contributed by atoms with van der Waals surface area (Å²) in [6.07, 6.45) is 2.65. The number of amides is 2. The monoisotopic (exact) mass is 547 g/mol. The summed E-state index contributed by atoms with van der Waals surface area (Å²) in [5.41, 5.74) is 0.975. The second-order valence-corrected chi connectivity index (χ2v) is 11.1. The zero-order valence-electron chi connectivity index (χ0n) is 24.8. The van der Waals surface area contributed by atoms with E-state index < -0.39 is 23.2 Å². The van der Waals surface area contributed by atoms with Gasteiger partial charge in [0.05, 0.1) is 23.4 Å². The van der Waals surface area contributed by atoms with Gasteiger partial charge in [0, 0.05) is 31.2 Å². The highest BCUT2D eigenvalue weighted by molar-refractivity contribution is 5.85. The quantitative estimate of drug-likeness (QED) is 0.352. The molecule has 0 aliphatic heterocycles. The number of rotatable bonds is 10. The summed E-state index contributed by atoms with van der Waals surface area (Å²) >= 11 is 0. The predicted octanol–water partition coefficient (Wildman–Crippen LogP) is 5.05. The smallest absolute Gasteiger partial charge is 0.410 e. The summed E-state index contributed by atoms with van der Waals surface area (Å²) in [5, 5.41) is 18.3. The third kappa shape index (κ3) is 10.5. The lowest BCUT2D eigenvalue weighted by Gasteiger charge is -2.28. The molecule has 40 heavy (non-hydrogen) atoms. The average Bonchev–Trinajstić information content (AvgIpc) is 2.89. The summed E-state index contributed by atoms with van der Waals surface area (Å²) in [6, 6.07) is 8.47. The molecule has 2 amide bonds. The fraction of sp³-hybridized carbons (Fsp3) is 0.500. The number of nitrogens with zero attached hydrogens (tertiary/aromatic N) is 4. The van der Waals surface area contributed by atoms with Gasteiger partial charge in [-0.2, -0.15) is 10.2 Å². The minimum Gasteiger partial charge on any atom is -0.444 e. The van der Waals surface area contributed by atoms with Gasteiger partial charge in [-0.1, -0.05) is 18.8 Å². The van der Waals surface area contributed by atoms with Crippen molar-refractivity contribution >= 4 is 29.5 Å². The van der Waals surface area contributed by atoms with E-state index in [1.165, 1.54) is 4.90 Å². The predicted molar refractivity (Wildman–Crippen MR) is 157 cm³/mol. The Kier molecular flexibility index (Phi) is 11.3. The van der Waals surface area contributed by atoms with Gasteiger partial charge in [0.2, 0.25) is 11.9 Å². The molecular formula is C30H41N7O3. The average molecular weight is 548 g/mol. The minimum atomic E-state index is -0.676. The molecule has 1 aromatic carbocycles. The maximum absolute atomic E-state index is 12.6. The van der Waals surface area contributed by atoms with Crippen LogP contribution in [0.1, 0.15) is 72.4 Å². The highest BCUT2D eigenvalue weighted by Crippen LogP contribution is 2.21. The fourth-order valence-corrected chi connectivity index (χ4v) is 3.28. The SMILES string of the molecule is CCCNc1nc(Nc2ccc(C#N)cc2)ncc1C#CC(C)(C)CCNC(=O)[C@H](C)N(C)C(=O)OC(C)(C)C. The number of carbonyl (C=O) groups excluding carboxylic acids is 2. The summed E-state index contributed by atoms with van der Waals surface area (Å²) in [5.74, 6) is 7.27. The molecule has 10 heteroatoms. The lowest BCUT2D eigenvalue weighted by atomic mass is 9.90. The molecule has 10 nitrogen and oxygen atoms in total. The Morgan fingerprint density at radius 3 is 2.40 bits per heavy atom. The number of aromatic nitrogens is 2. The van der Waals surface area contributed by atoms with Crippen molar-refractivity contribution in [2.24, 2.45) is 5.41 Å². The first-order chi connectivity index (χ1) is 18.7. The van der Waals surface area contributed by atoms with Crippen LogP contribution in [0.25, 0.3) is 0 Å². The van der Waals surface area contributed by atoms with E-state index >= 15 is 0 Å². The van der Waals surface area contributed by atoms with E-state index in [4.69, 9.17) is 10.00 Å². The number of benzene rings is 1. The zero-order valence-corrected chi connectivity index (χ0v) is 24.8. The first kappa shape index (κ1) is 31.9. The molecular weight excluding hydrogens is 506 g/mol. The van der Waals surface area contributed by atoms with Crippen molar-refractivity contribution in [1.29, 1.82) is 5.26 Å². The standard InChI is InChI=1S/C30H41N7O3/c1-9-17-32-25-23(20-34-27(36-25)35-24-12-10-22(19-31)11-13-24)14-15-30(6,7)16-18-33-26(38)21(2)37(8)28(39)40-29(3,4)5/h10-13,20-21H,9,16-18H2,1-8H3,(H,33,38)(H2,32,34,35,36)/t21-/m0/s1. The summed E-state index contributed by atoms with van der Waals surface area (Å²) in [7, 11) is 1.55. The molecule has 2 aromatic rings. The second kappa shape index (κ2) is 14.2. The molecule has 1 heterocycles. The van der Waals surface area contributed by atoms with Crippen LogP contribution in [-0.4, -0.2) is 58.6 Å². The molecule has 0 radical (unpaired) electrons. The number of anilines is 3. The molecule has 3 N–H and O–H groups in total. The van der Waals surface area contributed by atoms with E-state index in [0.717, 1.165) is 18.7 Å². The third-order valence-corrected chi connectivity index (χ3v) is 5.83. The Morgan fingerprint density at radius 1 is 1.12 bits per heavy atom. The van der Waals surface area contributed by atoms with E-state index in [1.54, 1.807) is 65.2 Å². The van der Waals surface area contributed by atoms with Crippen molar-refractivity contribution in [3.63, 3.8) is 0 Å². The van der Waals surface area contributed by atoms with Crippen molar-refractivity contribution in [2.75, 3.05) is 30.8 Å². The molecule has 214 valence electrons. The molecule has 0 aliphatic carbocycles. The number of nitrogens with one attached hydrogen (secondary N) is 3. The van der Waals surface area contributed by atoms with Crippen molar-refractivity contribution in [3.05, 3.63) is 41.6 Å². The Morgan fingerprint density at radius 2 is 1.80 bits per heavy atom. The lowest BCUT2D eigenvalue weighted by molar-refractivity contribution is -0.125. The molecule has 0 fully saturated rings. The van der Waals surface area contributed by atoms with Gasteiger partial charge in [-0.25, -0.2) is 9.78 Å². The molecule has 1 aromatic heterocycles. The largest absolute Gasteiger partial charge is 0.444 e. The molecule has 2 rings (SSSR count). The van der Waals surface area contributed by atoms with E-state index in [2.05, 4.69) is 50.8 Å². The van der Waals surface area contributed by atoms with Crippen LogP contribution in [0.5, 0.6) is 0 Å². The fourth-order valence-electron chi connectivity index (χ4n) is 3.28. The number of carbonyl (C=O) groups is 2. The van der Waals surface area contributed by atoms with Gasteiger partial charge in [-0.15, -0.1) is 0 Å². The van der Waals surface area contributed by atoms with Crippen LogP contribution in [0.3, 0.4) is 0 Å². The first-order valence-electron chi connectivity index (χ1n) is 13.4. The van der Waals surface area contributed by atoms with Crippen LogP contribution in [0.15, 0.2) is 30.5 Å². The van der Waals surface area contributed by atoms with Gasteiger partial charge < -0.3 is 20.7 Å². The van der Waals surface area contributed by atoms with Gasteiger partial charge in [-0.05, 0) is 78.6 Å². The van der Waals surface area contributed by atoms with E-state index in [-0.39, 0.29) is 5.91 Å². The van der Waals surface area contributed by atoms with Gasteiger partial charge in [0.25, 0.3) is 0 Å². The topological polar surface area (TPSA) is 132 Å². The van der Waals surface area contributed by atoms with Crippen LogP contribution in [0.4, 0.5) is 22.2 Å². The Labute approximate surface area is 237 Å². The van der Waals surface area contributed by atoms with Crippen molar-refractivity contribution in [2.45, 2.75) is 73.0 Å². The zero-order chi connectivity index (χ0) is 29.9. The van der Waals surface area contributed by atoms with Crippen LogP contribution >= 0.6 is 0 Å². The van der Waals surface area contributed by atoms with E-state index in [9.17, 15) is 9.59 Å². The van der Waals surface area contributed by atoms with Crippen LogP contribution < -0.4 is 16.0 Å². The van der Waals surface area contributed by atoms with Crippen molar-refractivity contribution in [1.82, 2.24) is 20.2 Å². The molecule has 1 atom stereocenters. The molecule has 0 saturated carbocycles. The number of ether oxygens (including phenoxy) is 1. The highest BCUT2D eigenvalue weighted by atomic mass is 16.6. The normalized spacial score (nSPS) is 11.8. The second-order valence-electron chi connectivity index (χ2n) is 11.1. The van der Waals surface area contributed by atoms with Gasteiger partial charge in [0.15, 0.2) is 0 Å². The number of hydrogen-bond donors (Lipinski definition) is 3. The maximum Gasteiger partial charge on any atom is 0.410 e. The van der Waals surface area contributed by atoms with Crippen molar-refractivity contribution < 1.29 is 14.3 Å². The van der Waals surface area contributed by atoms with Gasteiger partial charge >= 0.3 is 6.09 Å². The van der Waals surface area contributed by atoms with Crippen molar-refractivity contribution in [3.8, 4) is 17.9 Å². The van der Waals surface area contributed by atoms with Crippen LogP contribution in [0, 0.1) is 28.6 Å². The minimum absolute atomic E-state index is 0.262. The molecule has 0 saturated heterocycles. The van der Waals surface area contributed by atoms with Gasteiger partial charge in [0.1, 0.15) is 17.5 Å². The third-order valence-electron chi connectivity index (χ3n) is 5.83. The van der Waals surface area contributed by atoms with Gasteiger partial charge in [-0.3, -0.25) is 9.69 Å². The molecule has 0 unspecified atom stereocenters. The van der Waals surface area contributed by atoms with Crippen LogP contribution in [-0.2, 0) is 9.53 Å². The van der Waals surface area contributed by atoms with E-state index in [1.807, 2.05) is 13.8 Å². The van der Waals surface area contributed by atoms with E-state index in [0.29, 0.717) is 35.9 Å². The Hall–Kier alpha value is -4.31.